The van der Waals surface area contributed by atoms with Gasteiger partial charge in [-0.25, -0.2) is 9.97 Å². The Labute approximate surface area is 215 Å². The highest BCUT2D eigenvalue weighted by atomic mass is 16.5. The lowest BCUT2D eigenvalue weighted by atomic mass is 9.89. The number of fused-ring (bicyclic) bond motifs is 4. The van der Waals surface area contributed by atoms with E-state index in [4.69, 9.17) is 9.72 Å². The van der Waals surface area contributed by atoms with Gasteiger partial charge in [0.1, 0.15) is 17.9 Å². The van der Waals surface area contributed by atoms with Gasteiger partial charge in [0.2, 0.25) is 5.91 Å². The van der Waals surface area contributed by atoms with Gasteiger partial charge in [0.15, 0.2) is 0 Å². The SMILES string of the molecule is C=CC(=O)N1CCN(c2ncnc3cc(-c4cccc5ccccc45)c4c(c23)OCCC4)CC1CC#N. The molecule has 0 bridgehead atoms. The van der Waals surface area contributed by atoms with Gasteiger partial charge in [0, 0.05) is 25.2 Å². The van der Waals surface area contributed by atoms with Crippen molar-refractivity contribution in [2.45, 2.75) is 25.3 Å². The van der Waals surface area contributed by atoms with Gasteiger partial charge >= 0.3 is 0 Å². The number of ether oxygens (including phenoxy) is 1. The van der Waals surface area contributed by atoms with Crippen LogP contribution in [0.3, 0.4) is 0 Å². The Bertz CT molecular complexity index is 1570. The number of carbonyl (C=O) groups excluding carboxylic acids is 1. The molecule has 4 aromatic rings. The highest BCUT2D eigenvalue weighted by Crippen LogP contribution is 2.44. The molecule has 0 saturated carbocycles. The number of hydrogen-bond donors (Lipinski definition) is 0. The van der Waals surface area contributed by atoms with E-state index in [0.717, 1.165) is 40.9 Å². The second kappa shape index (κ2) is 9.55. The maximum atomic E-state index is 12.4. The molecule has 0 spiro atoms. The van der Waals surface area contributed by atoms with E-state index in [0.29, 0.717) is 26.2 Å². The van der Waals surface area contributed by atoms with Crippen molar-refractivity contribution in [1.82, 2.24) is 14.9 Å². The van der Waals surface area contributed by atoms with Gasteiger partial charge in [-0.1, -0.05) is 49.0 Å². The number of nitrogens with zero attached hydrogens (tertiary/aromatic N) is 5. The largest absolute Gasteiger partial charge is 0.492 e. The normalized spacial score (nSPS) is 17.2. The molecule has 7 nitrogen and oxygen atoms in total. The average molecular weight is 490 g/mol. The fourth-order valence-corrected chi connectivity index (χ4v) is 5.72. The summed E-state index contributed by atoms with van der Waals surface area (Å²) in [7, 11) is 0. The molecule has 1 saturated heterocycles. The van der Waals surface area contributed by atoms with Crippen LogP contribution in [0.2, 0.25) is 0 Å². The van der Waals surface area contributed by atoms with Gasteiger partial charge in [-0.3, -0.25) is 4.79 Å². The fourth-order valence-electron chi connectivity index (χ4n) is 5.72. The molecule has 1 aromatic heterocycles. The molecule has 3 aromatic carbocycles. The third kappa shape index (κ3) is 3.95. The van der Waals surface area contributed by atoms with Crippen molar-refractivity contribution in [2.24, 2.45) is 0 Å². The zero-order valence-corrected chi connectivity index (χ0v) is 20.6. The minimum atomic E-state index is -0.235. The Morgan fingerprint density at radius 2 is 2.03 bits per heavy atom. The van der Waals surface area contributed by atoms with Gasteiger partial charge in [-0.2, -0.15) is 5.26 Å². The van der Waals surface area contributed by atoms with Crippen molar-refractivity contribution in [1.29, 1.82) is 5.26 Å². The molecule has 1 unspecified atom stereocenters. The number of hydrogen-bond acceptors (Lipinski definition) is 6. The number of carbonyl (C=O) groups is 1. The van der Waals surface area contributed by atoms with Crippen LogP contribution in [0.1, 0.15) is 18.4 Å². The Kier molecular flexibility index (Phi) is 5.93. The van der Waals surface area contributed by atoms with Gasteiger partial charge in [0.05, 0.1) is 36.0 Å². The summed E-state index contributed by atoms with van der Waals surface area (Å²) in [5.74, 6) is 1.50. The summed E-state index contributed by atoms with van der Waals surface area (Å²) in [6.07, 6.45) is 5.03. The Morgan fingerprint density at radius 1 is 1.16 bits per heavy atom. The molecule has 184 valence electrons. The van der Waals surface area contributed by atoms with Gasteiger partial charge in [0.25, 0.3) is 0 Å². The van der Waals surface area contributed by atoms with E-state index < -0.39 is 0 Å². The third-order valence-electron chi connectivity index (χ3n) is 7.43. The van der Waals surface area contributed by atoms with Crippen LogP contribution in [-0.4, -0.2) is 53.1 Å². The molecule has 2 aliphatic rings. The smallest absolute Gasteiger partial charge is 0.246 e. The van der Waals surface area contributed by atoms with Gasteiger partial charge < -0.3 is 14.5 Å². The summed E-state index contributed by atoms with van der Waals surface area (Å²) in [5.41, 5.74) is 4.33. The van der Waals surface area contributed by atoms with Gasteiger partial charge in [-0.05, 0) is 46.9 Å². The fraction of sp³-hybridized carbons (Fsp3) is 0.267. The van der Waals surface area contributed by atoms with Crippen molar-refractivity contribution in [3.63, 3.8) is 0 Å². The van der Waals surface area contributed by atoms with Crippen LogP contribution in [0.4, 0.5) is 5.82 Å². The number of rotatable bonds is 4. The van der Waals surface area contributed by atoms with E-state index in [1.807, 2.05) is 0 Å². The minimum absolute atomic E-state index is 0.145. The first-order valence-electron chi connectivity index (χ1n) is 12.7. The molecule has 1 atom stereocenters. The zero-order valence-electron chi connectivity index (χ0n) is 20.6. The molecule has 2 aliphatic heterocycles. The quantitative estimate of drug-likeness (QED) is 0.380. The first-order valence-corrected chi connectivity index (χ1v) is 12.7. The highest BCUT2D eigenvalue weighted by molar-refractivity contribution is 6.04. The van der Waals surface area contributed by atoms with E-state index in [9.17, 15) is 10.1 Å². The van der Waals surface area contributed by atoms with Crippen molar-refractivity contribution < 1.29 is 9.53 Å². The van der Waals surface area contributed by atoms with Gasteiger partial charge in [-0.15, -0.1) is 0 Å². The van der Waals surface area contributed by atoms with Crippen molar-refractivity contribution in [3.05, 3.63) is 73.1 Å². The van der Waals surface area contributed by atoms with Crippen LogP contribution in [0, 0.1) is 11.3 Å². The predicted molar refractivity (Wildman–Crippen MR) is 144 cm³/mol. The maximum Gasteiger partial charge on any atom is 0.246 e. The summed E-state index contributed by atoms with van der Waals surface area (Å²) in [4.78, 5) is 25.7. The molecule has 0 N–H and O–H groups in total. The number of aromatic nitrogens is 2. The van der Waals surface area contributed by atoms with Crippen molar-refractivity contribution >= 4 is 33.4 Å². The lowest BCUT2D eigenvalue weighted by Gasteiger charge is -2.41. The molecule has 7 heteroatoms. The highest BCUT2D eigenvalue weighted by Gasteiger charge is 2.32. The summed E-state index contributed by atoms with van der Waals surface area (Å²) >= 11 is 0. The van der Waals surface area contributed by atoms with E-state index in [-0.39, 0.29) is 18.4 Å². The molecule has 3 heterocycles. The van der Waals surface area contributed by atoms with Crippen LogP contribution in [0.5, 0.6) is 5.75 Å². The Balaban J connectivity index is 1.50. The number of piperazine rings is 1. The minimum Gasteiger partial charge on any atom is -0.492 e. The zero-order chi connectivity index (χ0) is 25.4. The number of amides is 1. The molecule has 0 aliphatic carbocycles. The molecule has 37 heavy (non-hydrogen) atoms. The van der Waals surface area contributed by atoms with Crippen LogP contribution in [0.25, 0.3) is 32.8 Å². The summed E-state index contributed by atoms with van der Waals surface area (Å²) < 4.78 is 6.36. The van der Waals surface area contributed by atoms with E-state index in [1.54, 1.807) is 11.2 Å². The molecule has 6 rings (SSSR count). The van der Waals surface area contributed by atoms with Crippen molar-refractivity contribution in [3.8, 4) is 22.9 Å². The molecule has 1 fully saturated rings. The summed E-state index contributed by atoms with van der Waals surface area (Å²) in [6, 6.07) is 19.0. The van der Waals surface area contributed by atoms with Crippen LogP contribution >= 0.6 is 0 Å². The number of nitriles is 1. The molecule has 0 radical (unpaired) electrons. The van der Waals surface area contributed by atoms with E-state index in [2.05, 4.69) is 71.1 Å². The van der Waals surface area contributed by atoms with Crippen LogP contribution < -0.4 is 9.64 Å². The first kappa shape index (κ1) is 23.0. The molecule has 1 amide bonds. The standard InChI is InChI=1S/C30H27N5O2/c1-2-27(36)35-15-14-34(18-21(35)12-13-31)30-28-26(32-19-33-30)17-25(24-11-6-16-37-29(24)28)23-10-5-8-20-7-3-4-9-22(20)23/h2-5,7-10,17,19,21H,1,6,11-12,14-16,18H2. The molecular weight excluding hydrogens is 462 g/mol. The second-order valence-electron chi connectivity index (χ2n) is 9.50. The van der Waals surface area contributed by atoms with Crippen LogP contribution in [0.15, 0.2) is 67.5 Å². The lowest BCUT2D eigenvalue weighted by molar-refractivity contribution is -0.128. The number of benzene rings is 3. The topological polar surface area (TPSA) is 82.3 Å². The summed E-state index contributed by atoms with van der Waals surface area (Å²) in [6.45, 7) is 5.89. The number of anilines is 1. The Hall–Kier alpha value is -4.44. The maximum absolute atomic E-state index is 12.4. The monoisotopic (exact) mass is 489 g/mol. The lowest BCUT2D eigenvalue weighted by Crippen LogP contribution is -2.55. The Morgan fingerprint density at radius 3 is 2.89 bits per heavy atom. The van der Waals surface area contributed by atoms with E-state index >= 15 is 0 Å². The first-order chi connectivity index (χ1) is 18.2. The average Bonchev–Trinajstić information content (AvgIpc) is 2.96. The third-order valence-corrected chi connectivity index (χ3v) is 7.43. The summed E-state index contributed by atoms with van der Waals surface area (Å²) in [5, 5.41) is 12.7. The van der Waals surface area contributed by atoms with Crippen LogP contribution in [-0.2, 0) is 11.2 Å². The predicted octanol–water partition coefficient (Wildman–Crippen LogP) is 4.89. The van der Waals surface area contributed by atoms with E-state index in [1.165, 1.54) is 28.0 Å². The molecular formula is C30H27N5O2. The van der Waals surface area contributed by atoms with Crippen molar-refractivity contribution in [2.75, 3.05) is 31.1 Å². The second-order valence-corrected chi connectivity index (χ2v) is 9.50.